The van der Waals surface area contributed by atoms with Crippen LogP contribution in [0.2, 0.25) is 0 Å². The van der Waals surface area contributed by atoms with Crippen molar-refractivity contribution in [2.75, 3.05) is 5.73 Å². The molecule has 2 heterocycles. The van der Waals surface area contributed by atoms with E-state index in [0.717, 1.165) is 28.7 Å². The maximum Gasteiger partial charge on any atom is 0.328 e. The molecule has 2 N–H and O–H groups in total. The van der Waals surface area contributed by atoms with Gasteiger partial charge in [0.05, 0.1) is 11.0 Å². The zero-order valence-corrected chi connectivity index (χ0v) is 16.2. The Morgan fingerprint density at radius 1 is 1.03 bits per heavy atom. The highest BCUT2D eigenvalue weighted by Crippen LogP contribution is 2.32. The quantitative estimate of drug-likeness (QED) is 0.558. The number of hydrogen-bond donors (Lipinski definition) is 1. The van der Waals surface area contributed by atoms with Crippen molar-refractivity contribution in [2.24, 2.45) is 13.0 Å². The Bertz CT molecular complexity index is 1270. The number of pyridine rings is 1. The highest BCUT2D eigenvalue weighted by molar-refractivity contribution is 5.83. The van der Waals surface area contributed by atoms with E-state index < -0.39 is 0 Å². The predicted molar refractivity (Wildman–Crippen MR) is 114 cm³/mol. The lowest BCUT2D eigenvalue weighted by Gasteiger charge is -2.09. The number of hydrogen-bond acceptors (Lipinski definition) is 4. The molecule has 5 rings (SSSR count). The van der Waals surface area contributed by atoms with E-state index in [0.29, 0.717) is 23.2 Å². The van der Waals surface area contributed by atoms with Gasteiger partial charge in [-0.1, -0.05) is 18.2 Å². The van der Waals surface area contributed by atoms with Crippen molar-refractivity contribution in [2.45, 2.75) is 19.4 Å². The lowest BCUT2D eigenvalue weighted by atomic mass is 10.0. The number of nitrogens with zero attached hydrogens (tertiary/aromatic N) is 3. The second kappa shape index (κ2) is 6.81. The lowest BCUT2D eigenvalue weighted by molar-refractivity contribution is 0.482. The van der Waals surface area contributed by atoms with E-state index >= 15 is 0 Å². The third-order valence-electron chi connectivity index (χ3n) is 5.44. The van der Waals surface area contributed by atoms with Crippen LogP contribution in [0.3, 0.4) is 0 Å². The third kappa shape index (κ3) is 3.38. The Morgan fingerprint density at radius 2 is 1.83 bits per heavy atom. The molecule has 1 fully saturated rings. The Hall–Kier alpha value is -3.54. The second-order valence-corrected chi connectivity index (χ2v) is 7.65. The number of aryl methyl sites for hydroxylation is 1. The zero-order chi connectivity index (χ0) is 20.0. The number of nitrogens with two attached hydrogens (primary N) is 1. The predicted octanol–water partition coefficient (Wildman–Crippen LogP) is 4.19. The number of ether oxygens (including phenoxy) is 1. The van der Waals surface area contributed by atoms with Crippen LogP contribution in [0.4, 0.5) is 5.82 Å². The summed E-state index contributed by atoms with van der Waals surface area (Å²) in [6.07, 6.45) is 4.06. The van der Waals surface area contributed by atoms with Crippen molar-refractivity contribution in [1.82, 2.24) is 14.1 Å². The Morgan fingerprint density at radius 3 is 2.62 bits per heavy atom. The highest BCUT2D eigenvalue weighted by Gasteiger charge is 2.24. The number of fused-ring (bicyclic) bond motifs is 1. The summed E-state index contributed by atoms with van der Waals surface area (Å²) in [7, 11) is 1.84. The number of rotatable bonds is 5. The molecule has 1 aliphatic carbocycles. The van der Waals surface area contributed by atoms with Gasteiger partial charge in [0.25, 0.3) is 0 Å². The van der Waals surface area contributed by atoms with Gasteiger partial charge in [-0.05, 0) is 60.2 Å². The first kappa shape index (κ1) is 17.6. The summed E-state index contributed by atoms with van der Waals surface area (Å²) in [4.78, 5) is 16.7. The average molecular weight is 386 g/mol. The first-order valence-corrected chi connectivity index (χ1v) is 9.77. The van der Waals surface area contributed by atoms with E-state index in [1.807, 2.05) is 41.9 Å². The standard InChI is InChI=1S/C23H22N4O2/c1-26-21-12-17(7-8-20(21)27(23(26)28)14-15-5-6-15)16-3-2-4-18(11-16)29-19-9-10-25-22(24)13-19/h2-4,7-13,15H,5-6,14H2,1H3,(H2,24,25). The fraction of sp³-hybridized carbons (Fsp3) is 0.217. The molecule has 146 valence electrons. The van der Waals surface area contributed by atoms with Crippen LogP contribution < -0.4 is 16.2 Å². The normalized spacial score (nSPS) is 13.7. The van der Waals surface area contributed by atoms with Gasteiger partial charge in [-0.15, -0.1) is 0 Å². The second-order valence-electron chi connectivity index (χ2n) is 7.65. The van der Waals surface area contributed by atoms with Crippen molar-refractivity contribution in [3.05, 3.63) is 71.3 Å². The minimum atomic E-state index is 0.0522. The van der Waals surface area contributed by atoms with E-state index in [4.69, 9.17) is 10.5 Å². The molecule has 0 radical (unpaired) electrons. The van der Waals surface area contributed by atoms with Gasteiger partial charge in [-0.25, -0.2) is 9.78 Å². The molecule has 1 saturated carbocycles. The van der Waals surface area contributed by atoms with E-state index in [2.05, 4.69) is 17.1 Å². The maximum absolute atomic E-state index is 12.7. The molecule has 0 bridgehead atoms. The van der Waals surface area contributed by atoms with Gasteiger partial charge in [0.1, 0.15) is 17.3 Å². The van der Waals surface area contributed by atoms with Crippen LogP contribution in [0.1, 0.15) is 12.8 Å². The molecule has 0 saturated heterocycles. The van der Waals surface area contributed by atoms with E-state index in [1.54, 1.807) is 22.9 Å². The molecule has 6 nitrogen and oxygen atoms in total. The van der Waals surface area contributed by atoms with Crippen molar-refractivity contribution >= 4 is 16.9 Å². The zero-order valence-electron chi connectivity index (χ0n) is 16.2. The summed E-state index contributed by atoms with van der Waals surface area (Å²) in [5, 5.41) is 0. The third-order valence-corrected chi connectivity index (χ3v) is 5.44. The van der Waals surface area contributed by atoms with Crippen LogP contribution >= 0.6 is 0 Å². The summed E-state index contributed by atoms with van der Waals surface area (Å²) in [5.74, 6) is 2.42. The largest absolute Gasteiger partial charge is 0.457 e. The molecule has 0 unspecified atom stereocenters. The molecule has 0 atom stereocenters. The van der Waals surface area contributed by atoms with Crippen LogP contribution in [0.15, 0.2) is 65.6 Å². The number of nitrogen functional groups attached to an aromatic ring is 1. The van der Waals surface area contributed by atoms with Gasteiger partial charge in [-0.3, -0.25) is 9.13 Å². The maximum atomic E-state index is 12.7. The van der Waals surface area contributed by atoms with Crippen LogP contribution in [0.5, 0.6) is 11.5 Å². The summed E-state index contributed by atoms with van der Waals surface area (Å²) in [5.41, 5.74) is 9.78. The molecule has 4 aromatic rings. The van der Waals surface area contributed by atoms with Crippen molar-refractivity contribution < 1.29 is 4.74 Å². The van der Waals surface area contributed by atoms with Gasteiger partial charge in [0.2, 0.25) is 0 Å². The smallest absolute Gasteiger partial charge is 0.328 e. The molecule has 0 aliphatic heterocycles. The molecular formula is C23H22N4O2. The van der Waals surface area contributed by atoms with Crippen molar-refractivity contribution in [1.29, 1.82) is 0 Å². The molecule has 0 amide bonds. The van der Waals surface area contributed by atoms with Gasteiger partial charge >= 0.3 is 5.69 Å². The molecule has 2 aromatic carbocycles. The number of imidazole rings is 1. The molecule has 29 heavy (non-hydrogen) atoms. The van der Waals surface area contributed by atoms with Crippen LogP contribution in [0.25, 0.3) is 22.2 Å². The first-order valence-electron chi connectivity index (χ1n) is 9.77. The van der Waals surface area contributed by atoms with Crippen LogP contribution in [-0.2, 0) is 13.6 Å². The van der Waals surface area contributed by atoms with Crippen LogP contribution in [0, 0.1) is 5.92 Å². The fourth-order valence-corrected chi connectivity index (χ4v) is 3.69. The van der Waals surface area contributed by atoms with Crippen molar-refractivity contribution in [3.63, 3.8) is 0 Å². The Labute approximate surface area is 168 Å². The average Bonchev–Trinajstić information content (AvgIpc) is 3.51. The number of aromatic nitrogens is 3. The van der Waals surface area contributed by atoms with E-state index in [-0.39, 0.29) is 5.69 Å². The Balaban J connectivity index is 1.50. The Kier molecular flexibility index (Phi) is 4.12. The lowest BCUT2D eigenvalue weighted by Crippen LogP contribution is -2.22. The summed E-state index contributed by atoms with van der Waals surface area (Å²) >= 11 is 0. The van der Waals surface area contributed by atoms with Crippen molar-refractivity contribution in [3.8, 4) is 22.6 Å². The summed E-state index contributed by atoms with van der Waals surface area (Å²) in [6.45, 7) is 0.813. The minimum Gasteiger partial charge on any atom is -0.457 e. The van der Waals surface area contributed by atoms with Gasteiger partial charge < -0.3 is 10.5 Å². The minimum absolute atomic E-state index is 0.0522. The number of benzene rings is 2. The molecule has 6 heteroatoms. The van der Waals surface area contributed by atoms with Gasteiger partial charge in [0, 0.05) is 25.9 Å². The van der Waals surface area contributed by atoms with E-state index in [9.17, 15) is 4.79 Å². The van der Waals surface area contributed by atoms with Gasteiger partial charge in [0.15, 0.2) is 0 Å². The monoisotopic (exact) mass is 386 g/mol. The van der Waals surface area contributed by atoms with Gasteiger partial charge in [-0.2, -0.15) is 0 Å². The van der Waals surface area contributed by atoms with E-state index in [1.165, 1.54) is 12.8 Å². The molecule has 0 spiro atoms. The highest BCUT2D eigenvalue weighted by atomic mass is 16.5. The topological polar surface area (TPSA) is 75.1 Å². The molecule has 1 aliphatic rings. The first-order chi connectivity index (χ1) is 14.1. The SMILES string of the molecule is Cn1c(=O)n(CC2CC2)c2ccc(-c3cccc(Oc4ccnc(N)c4)c3)cc21. The van der Waals surface area contributed by atoms with Crippen LogP contribution in [-0.4, -0.2) is 14.1 Å². The fourth-order valence-electron chi connectivity index (χ4n) is 3.69. The summed E-state index contributed by atoms with van der Waals surface area (Å²) in [6, 6.07) is 17.5. The molecule has 2 aromatic heterocycles. The molecular weight excluding hydrogens is 364 g/mol. The number of anilines is 1. The summed E-state index contributed by atoms with van der Waals surface area (Å²) < 4.78 is 9.57.